The Balaban J connectivity index is 4.97. The third-order valence-electron chi connectivity index (χ3n) is 3.52. The maximum Gasteiger partial charge on any atom is 0.230 e. The normalized spacial score (nSPS) is 11.6. The highest BCUT2D eigenvalue weighted by atomic mass is 16.5. The van der Waals surface area contributed by atoms with Crippen molar-refractivity contribution in [3.8, 4) is 0 Å². The lowest BCUT2D eigenvalue weighted by Crippen LogP contribution is -2.49. The van der Waals surface area contributed by atoms with Gasteiger partial charge in [0.1, 0.15) is 0 Å². The molecule has 0 unspecified atom stereocenters. The predicted octanol–water partition coefficient (Wildman–Crippen LogP) is 0.999. The Labute approximate surface area is 117 Å². The van der Waals surface area contributed by atoms with Gasteiger partial charge in [0.2, 0.25) is 5.91 Å². The number of nitrogens with zero attached hydrogens (tertiary/aromatic N) is 1. The maximum absolute atomic E-state index is 12.8. The van der Waals surface area contributed by atoms with Crippen molar-refractivity contribution in [3.05, 3.63) is 0 Å². The van der Waals surface area contributed by atoms with Gasteiger partial charge in [-0.15, -0.1) is 0 Å². The number of aliphatic hydroxyl groups is 1. The molecule has 114 valence electrons. The molecule has 0 atom stereocenters. The van der Waals surface area contributed by atoms with Crippen molar-refractivity contribution in [2.24, 2.45) is 11.1 Å². The van der Waals surface area contributed by atoms with Crippen LogP contribution < -0.4 is 5.73 Å². The number of amides is 1. The standard InChI is InChI=1S/C14H30N2O3/c1-4-6-14(12-15,7-5-2)13(18)16(8-10-17)9-11-19-3/h17H,4-12,15H2,1-3H3. The first-order valence-corrected chi connectivity index (χ1v) is 7.21. The van der Waals surface area contributed by atoms with E-state index in [2.05, 4.69) is 13.8 Å². The first-order valence-electron chi connectivity index (χ1n) is 7.21. The molecule has 0 spiro atoms. The van der Waals surface area contributed by atoms with Crippen LogP contribution in [0.4, 0.5) is 0 Å². The van der Waals surface area contributed by atoms with Crippen molar-refractivity contribution >= 4 is 5.91 Å². The zero-order valence-corrected chi connectivity index (χ0v) is 12.7. The molecule has 0 saturated carbocycles. The molecule has 0 radical (unpaired) electrons. The van der Waals surface area contributed by atoms with Gasteiger partial charge in [-0.05, 0) is 12.8 Å². The quantitative estimate of drug-likeness (QED) is 0.589. The van der Waals surface area contributed by atoms with Crippen LogP contribution >= 0.6 is 0 Å². The van der Waals surface area contributed by atoms with Gasteiger partial charge in [0.25, 0.3) is 0 Å². The number of rotatable bonds is 11. The van der Waals surface area contributed by atoms with Crippen LogP contribution in [0.25, 0.3) is 0 Å². The Bertz CT molecular complexity index is 241. The van der Waals surface area contributed by atoms with Crippen LogP contribution in [0.5, 0.6) is 0 Å². The molecule has 3 N–H and O–H groups in total. The molecule has 0 aliphatic heterocycles. The van der Waals surface area contributed by atoms with Gasteiger partial charge in [-0.1, -0.05) is 26.7 Å². The first kappa shape index (κ1) is 18.4. The average molecular weight is 274 g/mol. The molecule has 0 rings (SSSR count). The smallest absolute Gasteiger partial charge is 0.230 e. The van der Waals surface area contributed by atoms with E-state index in [9.17, 15) is 4.79 Å². The number of carbonyl (C=O) groups excluding carboxylic acids is 1. The zero-order valence-electron chi connectivity index (χ0n) is 12.7. The van der Waals surface area contributed by atoms with Crippen LogP contribution in [-0.4, -0.2) is 55.9 Å². The molecule has 0 bridgehead atoms. The molecule has 5 heteroatoms. The third kappa shape index (κ3) is 5.47. The summed E-state index contributed by atoms with van der Waals surface area (Å²) in [6.45, 7) is 5.79. The second kappa shape index (κ2) is 10.2. The van der Waals surface area contributed by atoms with Gasteiger partial charge in [0.05, 0.1) is 18.6 Å². The summed E-state index contributed by atoms with van der Waals surface area (Å²) in [5, 5.41) is 9.12. The highest BCUT2D eigenvalue weighted by Crippen LogP contribution is 2.31. The highest BCUT2D eigenvalue weighted by molar-refractivity contribution is 5.83. The van der Waals surface area contributed by atoms with E-state index >= 15 is 0 Å². The lowest BCUT2D eigenvalue weighted by Gasteiger charge is -2.36. The molecular weight excluding hydrogens is 244 g/mol. The van der Waals surface area contributed by atoms with Crippen LogP contribution in [0.1, 0.15) is 39.5 Å². The van der Waals surface area contributed by atoms with Gasteiger partial charge in [0, 0.05) is 26.7 Å². The van der Waals surface area contributed by atoms with Crippen molar-refractivity contribution in [1.82, 2.24) is 4.90 Å². The Morgan fingerprint density at radius 2 is 1.84 bits per heavy atom. The van der Waals surface area contributed by atoms with Crippen LogP contribution in [0.3, 0.4) is 0 Å². The van der Waals surface area contributed by atoms with Gasteiger partial charge < -0.3 is 20.5 Å². The molecule has 0 aromatic carbocycles. The number of ether oxygens (including phenoxy) is 1. The highest BCUT2D eigenvalue weighted by Gasteiger charge is 2.38. The van der Waals surface area contributed by atoms with Crippen LogP contribution in [-0.2, 0) is 9.53 Å². The fourth-order valence-electron chi connectivity index (χ4n) is 2.56. The molecule has 1 amide bonds. The van der Waals surface area contributed by atoms with E-state index in [1.54, 1.807) is 12.0 Å². The van der Waals surface area contributed by atoms with Gasteiger partial charge in [-0.2, -0.15) is 0 Å². The fourth-order valence-corrected chi connectivity index (χ4v) is 2.56. The van der Waals surface area contributed by atoms with Crippen molar-refractivity contribution in [2.45, 2.75) is 39.5 Å². The van der Waals surface area contributed by atoms with E-state index in [-0.39, 0.29) is 12.5 Å². The summed E-state index contributed by atoms with van der Waals surface area (Å²) >= 11 is 0. The van der Waals surface area contributed by atoms with E-state index in [1.165, 1.54) is 0 Å². The van der Waals surface area contributed by atoms with Gasteiger partial charge >= 0.3 is 0 Å². The number of hydrogen-bond acceptors (Lipinski definition) is 4. The number of carbonyl (C=O) groups is 1. The van der Waals surface area contributed by atoms with Crippen LogP contribution in [0.15, 0.2) is 0 Å². The summed E-state index contributed by atoms with van der Waals surface area (Å²) in [6, 6.07) is 0. The van der Waals surface area contributed by atoms with Gasteiger partial charge in [-0.25, -0.2) is 0 Å². The minimum Gasteiger partial charge on any atom is -0.395 e. The Morgan fingerprint density at radius 3 is 2.21 bits per heavy atom. The van der Waals surface area contributed by atoms with Gasteiger partial charge in [0.15, 0.2) is 0 Å². The number of aliphatic hydroxyl groups excluding tert-OH is 1. The molecule has 0 aliphatic rings. The van der Waals surface area contributed by atoms with E-state index < -0.39 is 5.41 Å². The monoisotopic (exact) mass is 274 g/mol. The summed E-state index contributed by atoms with van der Waals surface area (Å²) in [5.74, 6) is 0.0600. The molecule has 5 nitrogen and oxygen atoms in total. The summed E-state index contributed by atoms with van der Waals surface area (Å²) < 4.78 is 5.03. The van der Waals surface area contributed by atoms with E-state index in [1.807, 2.05) is 0 Å². The predicted molar refractivity (Wildman–Crippen MR) is 76.8 cm³/mol. The SMILES string of the molecule is CCCC(CN)(CCC)C(=O)N(CCO)CCOC. The Morgan fingerprint density at radius 1 is 1.26 bits per heavy atom. The second-order valence-electron chi connectivity index (χ2n) is 4.99. The summed E-state index contributed by atoms with van der Waals surface area (Å²) in [4.78, 5) is 14.4. The first-order chi connectivity index (χ1) is 9.11. The molecular formula is C14H30N2O3. The topological polar surface area (TPSA) is 75.8 Å². The molecule has 0 heterocycles. The van der Waals surface area contributed by atoms with Crippen LogP contribution in [0, 0.1) is 5.41 Å². The molecule has 0 fully saturated rings. The van der Waals surface area contributed by atoms with E-state index in [0.717, 1.165) is 25.7 Å². The number of methoxy groups -OCH3 is 1. The van der Waals surface area contributed by atoms with Crippen molar-refractivity contribution < 1.29 is 14.6 Å². The molecule has 0 aromatic heterocycles. The number of nitrogens with two attached hydrogens (primary N) is 1. The zero-order chi connectivity index (χ0) is 14.7. The molecule has 19 heavy (non-hydrogen) atoms. The van der Waals surface area contributed by atoms with Gasteiger partial charge in [-0.3, -0.25) is 4.79 Å². The molecule has 0 saturated heterocycles. The number of hydrogen-bond donors (Lipinski definition) is 2. The van der Waals surface area contributed by atoms with Crippen molar-refractivity contribution in [3.63, 3.8) is 0 Å². The Hall–Kier alpha value is -0.650. The second-order valence-corrected chi connectivity index (χ2v) is 4.99. The van der Waals surface area contributed by atoms with E-state index in [4.69, 9.17) is 15.6 Å². The third-order valence-corrected chi connectivity index (χ3v) is 3.52. The van der Waals surface area contributed by atoms with E-state index in [0.29, 0.717) is 26.2 Å². The Kier molecular flexibility index (Phi) is 9.83. The summed E-state index contributed by atoms with van der Waals surface area (Å²) in [6.07, 6.45) is 3.45. The largest absolute Gasteiger partial charge is 0.395 e. The molecule has 0 aromatic rings. The fraction of sp³-hybridized carbons (Fsp3) is 0.929. The maximum atomic E-state index is 12.8. The van der Waals surface area contributed by atoms with Crippen molar-refractivity contribution in [1.29, 1.82) is 0 Å². The summed E-state index contributed by atoms with van der Waals surface area (Å²) in [5.41, 5.74) is 5.42. The van der Waals surface area contributed by atoms with Crippen LogP contribution in [0.2, 0.25) is 0 Å². The van der Waals surface area contributed by atoms with Crippen molar-refractivity contribution in [2.75, 3.05) is 40.0 Å². The lowest BCUT2D eigenvalue weighted by molar-refractivity contribution is -0.144. The minimum absolute atomic E-state index is 0.0334. The lowest BCUT2D eigenvalue weighted by atomic mass is 9.78. The summed E-state index contributed by atoms with van der Waals surface area (Å²) in [7, 11) is 1.61. The minimum atomic E-state index is -0.480. The average Bonchev–Trinajstić information content (AvgIpc) is 2.42. The molecule has 0 aliphatic carbocycles.